The van der Waals surface area contributed by atoms with Crippen LogP contribution < -0.4 is 10.4 Å². The van der Waals surface area contributed by atoms with Crippen LogP contribution in [0.3, 0.4) is 0 Å². The van der Waals surface area contributed by atoms with E-state index in [0.29, 0.717) is 9.52 Å². The highest BCUT2D eigenvalue weighted by Gasteiger charge is 2.16. The van der Waals surface area contributed by atoms with Crippen molar-refractivity contribution in [3.63, 3.8) is 0 Å². The number of rotatable bonds is 0. The van der Waals surface area contributed by atoms with Gasteiger partial charge in [-0.3, -0.25) is 0 Å². The Hall–Kier alpha value is -1.34. The molecule has 0 spiro atoms. The van der Waals surface area contributed by atoms with Crippen molar-refractivity contribution >= 4 is 19.9 Å². The molecule has 0 atom stereocenters. The van der Waals surface area contributed by atoms with Crippen LogP contribution in [0.15, 0.2) is 48.5 Å². The number of hydrogen-bond donors (Lipinski definition) is 0. The SMILES string of the molecule is c1ccc2c(c1)[SiH]c1ccccc1-2. The summed E-state index contributed by atoms with van der Waals surface area (Å²) in [5.74, 6) is 0. The first kappa shape index (κ1) is 7.10. The van der Waals surface area contributed by atoms with Crippen molar-refractivity contribution in [3.8, 4) is 11.1 Å². The lowest BCUT2D eigenvalue weighted by Crippen LogP contribution is -2.20. The third kappa shape index (κ3) is 0.973. The fourth-order valence-corrected chi connectivity index (χ4v) is 3.47. The monoisotopic (exact) mass is 181 g/mol. The van der Waals surface area contributed by atoms with Gasteiger partial charge in [-0.25, -0.2) is 0 Å². The van der Waals surface area contributed by atoms with E-state index in [-0.39, 0.29) is 0 Å². The predicted molar refractivity (Wildman–Crippen MR) is 58.3 cm³/mol. The zero-order valence-corrected chi connectivity index (χ0v) is 8.35. The van der Waals surface area contributed by atoms with Crippen molar-refractivity contribution < 1.29 is 0 Å². The Morgan fingerprint density at radius 1 is 0.615 bits per heavy atom. The Morgan fingerprint density at radius 2 is 1.08 bits per heavy atom. The maximum atomic E-state index is 2.25. The van der Waals surface area contributed by atoms with Gasteiger partial charge in [-0.2, -0.15) is 0 Å². The number of fused-ring (bicyclic) bond motifs is 3. The van der Waals surface area contributed by atoms with Crippen LogP contribution in [0, 0.1) is 0 Å². The summed E-state index contributed by atoms with van der Waals surface area (Å²) in [4.78, 5) is 0. The Balaban J connectivity index is 2.32. The second-order valence-electron chi connectivity index (χ2n) is 3.32. The molecule has 0 saturated heterocycles. The Labute approximate surface area is 80.1 Å². The van der Waals surface area contributed by atoms with Crippen LogP contribution in [0.1, 0.15) is 0 Å². The minimum Gasteiger partial charge on any atom is -0.0626 e. The average molecular weight is 181 g/mol. The number of benzene rings is 2. The van der Waals surface area contributed by atoms with E-state index in [1.54, 1.807) is 10.4 Å². The van der Waals surface area contributed by atoms with Gasteiger partial charge < -0.3 is 0 Å². The topological polar surface area (TPSA) is 0 Å². The maximum Gasteiger partial charge on any atom is 0.105 e. The molecule has 0 N–H and O–H groups in total. The fraction of sp³-hybridized carbons (Fsp3) is 0. The standard InChI is InChI=1S/C12H9Si/c1-3-7-11-9(5-1)10-6-2-4-8-12(10)13-11/h1-8,13H. The highest BCUT2D eigenvalue weighted by molar-refractivity contribution is 6.73. The van der Waals surface area contributed by atoms with Gasteiger partial charge in [0, 0.05) is 0 Å². The molecule has 0 bridgehead atoms. The molecule has 0 aliphatic carbocycles. The van der Waals surface area contributed by atoms with Crippen molar-refractivity contribution in [3.05, 3.63) is 48.5 Å². The van der Waals surface area contributed by atoms with E-state index < -0.39 is 0 Å². The Kier molecular flexibility index (Phi) is 1.40. The van der Waals surface area contributed by atoms with Crippen molar-refractivity contribution in [1.82, 2.24) is 0 Å². The molecule has 0 unspecified atom stereocenters. The largest absolute Gasteiger partial charge is 0.105 e. The van der Waals surface area contributed by atoms with Crippen LogP contribution in [-0.4, -0.2) is 9.52 Å². The van der Waals surface area contributed by atoms with Gasteiger partial charge >= 0.3 is 0 Å². The molecular formula is C12H9Si. The normalized spacial score (nSPS) is 12.3. The van der Waals surface area contributed by atoms with Crippen LogP contribution >= 0.6 is 0 Å². The summed E-state index contributed by atoms with van der Waals surface area (Å²) in [5, 5.41) is 3.09. The summed E-state index contributed by atoms with van der Waals surface area (Å²) in [5.41, 5.74) is 2.90. The van der Waals surface area contributed by atoms with Gasteiger partial charge in [-0.1, -0.05) is 58.9 Å². The molecule has 13 heavy (non-hydrogen) atoms. The van der Waals surface area contributed by atoms with E-state index in [0.717, 1.165) is 0 Å². The first-order valence-electron chi connectivity index (χ1n) is 4.48. The van der Waals surface area contributed by atoms with Gasteiger partial charge in [-0.15, -0.1) is 0 Å². The van der Waals surface area contributed by atoms with Crippen molar-refractivity contribution in [1.29, 1.82) is 0 Å². The molecule has 1 aliphatic heterocycles. The van der Waals surface area contributed by atoms with E-state index in [1.165, 1.54) is 11.1 Å². The first-order chi connectivity index (χ1) is 6.45. The van der Waals surface area contributed by atoms with Gasteiger partial charge in [-0.05, 0) is 11.1 Å². The van der Waals surface area contributed by atoms with Gasteiger partial charge in [0.2, 0.25) is 0 Å². The van der Waals surface area contributed by atoms with Crippen LogP contribution in [-0.2, 0) is 0 Å². The lowest BCUT2D eigenvalue weighted by molar-refractivity contribution is 1.71. The van der Waals surface area contributed by atoms with Gasteiger partial charge in [0.1, 0.15) is 9.52 Å². The summed E-state index contributed by atoms with van der Waals surface area (Å²) in [6.07, 6.45) is 0. The van der Waals surface area contributed by atoms with Crippen LogP contribution in [0.25, 0.3) is 11.1 Å². The lowest BCUT2D eigenvalue weighted by Gasteiger charge is -1.98. The molecular weight excluding hydrogens is 172 g/mol. The van der Waals surface area contributed by atoms with E-state index in [2.05, 4.69) is 48.5 Å². The molecule has 0 fully saturated rings. The average Bonchev–Trinajstić information content (AvgIpc) is 2.56. The van der Waals surface area contributed by atoms with Crippen LogP contribution in [0.4, 0.5) is 0 Å². The second-order valence-corrected chi connectivity index (χ2v) is 4.85. The Bertz CT molecular complexity index is 417. The Morgan fingerprint density at radius 3 is 1.62 bits per heavy atom. The summed E-state index contributed by atoms with van der Waals surface area (Å²) in [6.45, 7) is 0. The van der Waals surface area contributed by atoms with E-state index in [4.69, 9.17) is 0 Å². The summed E-state index contributed by atoms with van der Waals surface area (Å²) < 4.78 is 0. The molecule has 0 aromatic heterocycles. The van der Waals surface area contributed by atoms with Gasteiger partial charge in [0.25, 0.3) is 0 Å². The highest BCUT2D eigenvalue weighted by Crippen LogP contribution is 2.18. The van der Waals surface area contributed by atoms with Crippen LogP contribution in [0.5, 0.6) is 0 Å². The molecule has 0 nitrogen and oxygen atoms in total. The van der Waals surface area contributed by atoms with Crippen molar-refractivity contribution in [2.45, 2.75) is 0 Å². The summed E-state index contributed by atoms with van der Waals surface area (Å²) in [6, 6.07) is 17.5. The first-order valence-corrected chi connectivity index (χ1v) is 5.64. The molecule has 2 aromatic rings. The zero-order valence-electron chi connectivity index (χ0n) is 7.20. The van der Waals surface area contributed by atoms with Crippen molar-refractivity contribution in [2.75, 3.05) is 0 Å². The maximum absolute atomic E-state index is 2.25. The molecule has 3 rings (SSSR count). The lowest BCUT2D eigenvalue weighted by atomic mass is 10.1. The third-order valence-corrected chi connectivity index (χ3v) is 4.15. The zero-order chi connectivity index (χ0) is 8.67. The van der Waals surface area contributed by atoms with Crippen LogP contribution in [0.2, 0.25) is 0 Å². The predicted octanol–water partition coefficient (Wildman–Crippen LogP) is 1.05. The minimum absolute atomic E-state index is 0.345. The molecule has 61 valence electrons. The van der Waals surface area contributed by atoms with Gasteiger partial charge in [0.05, 0.1) is 0 Å². The molecule has 1 heteroatoms. The third-order valence-electron chi connectivity index (χ3n) is 2.52. The molecule has 1 aliphatic rings. The summed E-state index contributed by atoms with van der Waals surface area (Å²) in [7, 11) is 0.345. The molecule has 0 saturated carbocycles. The number of hydrogen-bond acceptors (Lipinski definition) is 0. The summed E-state index contributed by atoms with van der Waals surface area (Å²) >= 11 is 0. The molecule has 1 radical (unpaired) electrons. The molecule has 2 aromatic carbocycles. The minimum atomic E-state index is 0.345. The fourth-order valence-electron chi connectivity index (χ4n) is 1.90. The van der Waals surface area contributed by atoms with E-state index >= 15 is 0 Å². The molecule has 1 heterocycles. The quantitative estimate of drug-likeness (QED) is 0.455. The van der Waals surface area contributed by atoms with E-state index in [1.807, 2.05) is 0 Å². The second kappa shape index (κ2) is 2.57. The smallest absolute Gasteiger partial charge is 0.0626 e. The van der Waals surface area contributed by atoms with Crippen molar-refractivity contribution in [2.24, 2.45) is 0 Å². The van der Waals surface area contributed by atoms with E-state index in [9.17, 15) is 0 Å². The van der Waals surface area contributed by atoms with Gasteiger partial charge in [0.15, 0.2) is 0 Å². The highest BCUT2D eigenvalue weighted by atomic mass is 28.2. The molecule has 0 amide bonds.